The molecule has 0 atom stereocenters. The van der Waals surface area contributed by atoms with Crippen molar-refractivity contribution < 1.29 is 4.79 Å². The molecular weight excluding hydrogens is 234 g/mol. The maximum atomic E-state index is 11.3. The lowest BCUT2D eigenvalue weighted by atomic mass is 10.0. The summed E-state index contributed by atoms with van der Waals surface area (Å²) >= 11 is 6.15. The van der Waals surface area contributed by atoms with Crippen LogP contribution in [-0.2, 0) is 0 Å². The summed E-state index contributed by atoms with van der Waals surface area (Å²) in [6.45, 7) is 7.09. The van der Waals surface area contributed by atoms with E-state index in [4.69, 9.17) is 11.6 Å². The van der Waals surface area contributed by atoms with Crippen LogP contribution in [0.2, 0.25) is 5.02 Å². The van der Waals surface area contributed by atoms with Gasteiger partial charge >= 0.3 is 0 Å². The van der Waals surface area contributed by atoms with Crippen LogP contribution in [0.25, 0.3) is 0 Å². The second kappa shape index (κ2) is 4.34. The van der Waals surface area contributed by atoms with Crippen LogP contribution in [0, 0.1) is 0 Å². The molecule has 2 rings (SSSR count). The molecule has 1 aromatic carbocycles. The molecule has 0 bridgehead atoms. The van der Waals surface area contributed by atoms with Crippen LogP contribution in [0.5, 0.6) is 0 Å². The van der Waals surface area contributed by atoms with Crippen LogP contribution in [-0.4, -0.2) is 17.9 Å². The van der Waals surface area contributed by atoms with Crippen molar-refractivity contribution in [2.45, 2.75) is 39.2 Å². The molecule has 3 heteroatoms. The molecule has 0 aromatic heterocycles. The van der Waals surface area contributed by atoms with Gasteiger partial charge in [-0.25, -0.2) is 0 Å². The number of rotatable bonds is 2. The molecule has 1 aromatic rings. The van der Waals surface area contributed by atoms with E-state index >= 15 is 0 Å². The number of Topliss-reactive ketones (excluding diaryl/α,β-unsaturated/α-hetero) is 1. The molecule has 0 unspecified atom stereocenters. The molecule has 0 amide bonds. The number of ketones is 1. The highest BCUT2D eigenvalue weighted by molar-refractivity contribution is 6.34. The monoisotopic (exact) mass is 251 g/mol. The van der Waals surface area contributed by atoms with Gasteiger partial charge in [0.25, 0.3) is 0 Å². The second-order valence-corrected chi connectivity index (χ2v) is 5.70. The quantitative estimate of drug-likeness (QED) is 0.743. The molecule has 17 heavy (non-hydrogen) atoms. The number of carbonyl (C=O) groups is 1. The smallest absolute Gasteiger partial charge is 0.161 e. The average molecular weight is 252 g/mol. The van der Waals surface area contributed by atoms with Crippen molar-refractivity contribution in [2.24, 2.45) is 0 Å². The van der Waals surface area contributed by atoms with Crippen LogP contribution in [0.4, 0.5) is 5.69 Å². The second-order valence-electron chi connectivity index (χ2n) is 5.29. The SMILES string of the molecule is CC(=O)c1ccc(N2CCCC2(C)C)cc1Cl. The molecule has 0 N–H and O–H groups in total. The molecule has 0 saturated carbocycles. The normalized spacial score (nSPS) is 18.5. The van der Waals surface area contributed by atoms with Crippen LogP contribution in [0.15, 0.2) is 18.2 Å². The van der Waals surface area contributed by atoms with Crippen molar-refractivity contribution in [2.75, 3.05) is 11.4 Å². The summed E-state index contributed by atoms with van der Waals surface area (Å²) < 4.78 is 0. The van der Waals surface area contributed by atoms with Crippen molar-refractivity contribution in [1.82, 2.24) is 0 Å². The average Bonchev–Trinajstić information content (AvgIpc) is 2.57. The zero-order chi connectivity index (χ0) is 12.6. The molecule has 1 fully saturated rings. The van der Waals surface area contributed by atoms with Crippen LogP contribution < -0.4 is 4.90 Å². The summed E-state index contributed by atoms with van der Waals surface area (Å²) in [4.78, 5) is 13.7. The fourth-order valence-corrected chi connectivity index (χ4v) is 2.85. The molecule has 92 valence electrons. The van der Waals surface area contributed by atoms with E-state index in [0.29, 0.717) is 10.6 Å². The summed E-state index contributed by atoms with van der Waals surface area (Å²) in [6, 6.07) is 5.73. The van der Waals surface area contributed by atoms with Crippen LogP contribution in [0.3, 0.4) is 0 Å². The minimum absolute atomic E-state index is 0.0160. The Morgan fingerprint density at radius 1 is 1.41 bits per heavy atom. The van der Waals surface area contributed by atoms with Gasteiger partial charge in [-0.05, 0) is 51.8 Å². The molecule has 2 nitrogen and oxygen atoms in total. The van der Waals surface area contributed by atoms with Gasteiger partial charge in [-0.2, -0.15) is 0 Å². The highest BCUT2D eigenvalue weighted by atomic mass is 35.5. The minimum atomic E-state index is 0.0160. The Kier molecular flexibility index (Phi) is 3.17. The maximum absolute atomic E-state index is 11.3. The van der Waals surface area contributed by atoms with Crippen molar-refractivity contribution in [3.05, 3.63) is 28.8 Å². The van der Waals surface area contributed by atoms with Gasteiger partial charge < -0.3 is 4.90 Å². The first-order valence-corrected chi connectivity index (χ1v) is 6.38. The summed E-state index contributed by atoms with van der Waals surface area (Å²) in [7, 11) is 0. The minimum Gasteiger partial charge on any atom is -0.366 e. The van der Waals surface area contributed by atoms with Gasteiger partial charge in [0.15, 0.2) is 5.78 Å². The highest BCUT2D eigenvalue weighted by Crippen LogP contribution is 2.35. The van der Waals surface area contributed by atoms with E-state index in [9.17, 15) is 4.79 Å². The molecule has 1 aliphatic heterocycles. The van der Waals surface area contributed by atoms with E-state index < -0.39 is 0 Å². The lowest BCUT2D eigenvalue weighted by Crippen LogP contribution is -2.38. The summed E-state index contributed by atoms with van der Waals surface area (Å²) in [6.07, 6.45) is 2.40. The fraction of sp³-hybridized carbons (Fsp3) is 0.500. The molecule has 0 radical (unpaired) electrons. The van der Waals surface area contributed by atoms with E-state index in [-0.39, 0.29) is 11.3 Å². The third-order valence-corrected chi connectivity index (χ3v) is 3.86. The topological polar surface area (TPSA) is 20.3 Å². The predicted molar refractivity (Wildman–Crippen MR) is 72.1 cm³/mol. The van der Waals surface area contributed by atoms with E-state index in [0.717, 1.165) is 12.2 Å². The zero-order valence-electron chi connectivity index (χ0n) is 10.6. The summed E-state index contributed by atoms with van der Waals surface area (Å²) in [5.41, 5.74) is 1.90. The Morgan fingerprint density at radius 2 is 2.12 bits per heavy atom. The Balaban J connectivity index is 2.35. The van der Waals surface area contributed by atoms with E-state index in [1.807, 2.05) is 18.2 Å². The Labute approximate surface area is 108 Å². The van der Waals surface area contributed by atoms with Crippen molar-refractivity contribution >= 4 is 23.1 Å². The number of nitrogens with zero attached hydrogens (tertiary/aromatic N) is 1. The van der Waals surface area contributed by atoms with Gasteiger partial charge in [0.05, 0.1) is 5.02 Å². The first kappa shape index (κ1) is 12.4. The van der Waals surface area contributed by atoms with E-state index in [1.165, 1.54) is 12.8 Å². The van der Waals surface area contributed by atoms with Crippen molar-refractivity contribution in [3.63, 3.8) is 0 Å². The number of benzene rings is 1. The Hall–Kier alpha value is -1.02. The summed E-state index contributed by atoms with van der Waals surface area (Å²) in [5, 5.41) is 0.553. The lowest BCUT2D eigenvalue weighted by molar-refractivity contribution is 0.101. The molecular formula is C14H18ClNO. The largest absolute Gasteiger partial charge is 0.366 e. The number of carbonyl (C=O) groups excluding carboxylic acids is 1. The Bertz CT molecular complexity index is 454. The van der Waals surface area contributed by atoms with E-state index in [1.54, 1.807) is 6.92 Å². The molecule has 1 aliphatic rings. The number of anilines is 1. The van der Waals surface area contributed by atoms with Crippen LogP contribution in [0.1, 0.15) is 44.0 Å². The predicted octanol–water partition coefficient (Wildman–Crippen LogP) is 3.92. The molecule has 0 spiro atoms. The van der Waals surface area contributed by atoms with Gasteiger partial charge in [-0.1, -0.05) is 11.6 Å². The summed E-state index contributed by atoms with van der Waals surface area (Å²) in [5.74, 6) is 0.0160. The fourth-order valence-electron chi connectivity index (χ4n) is 2.54. The van der Waals surface area contributed by atoms with Gasteiger partial charge in [-0.3, -0.25) is 4.79 Å². The molecule has 1 heterocycles. The lowest BCUT2D eigenvalue weighted by Gasteiger charge is -2.34. The van der Waals surface area contributed by atoms with Crippen LogP contribution >= 0.6 is 11.6 Å². The van der Waals surface area contributed by atoms with Gasteiger partial charge in [-0.15, -0.1) is 0 Å². The van der Waals surface area contributed by atoms with Gasteiger partial charge in [0, 0.05) is 23.3 Å². The van der Waals surface area contributed by atoms with Gasteiger partial charge in [0.2, 0.25) is 0 Å². The highest BCUT2D eigenvalue weighted by Gasteiger charge is 2.32. The van der Waals surface area contributed by atoms with E-state index in [2.05, 4.69) is 18.7 Å². The number of hydrogen-bond donors (Lipinski definition) is 0. The standard InChI is InChI=1S/C14H18ClNO/c1-10(17)12-6-5-11(9-13(12)15)16-8-4-7-14(16,2)3/h5-6,9H,4,7-8H2,1-3H3. The maximum Gasteiger partial charge on any atom is 0.161 e. The first-order chi connectivity index (χ1) is 7.92. The third kappa shape index (κ3) is 2.32. The van der Waals surface area contributed by atoms with Gasteiger partial charge in [0.1, 0.15) is 0 Å². The third-order valence-electron chi connectivity index (χ3n) is 3.54. The number of halogens is 1. The Morgan fingerprint density at radius 3 is 2.59 bits per heavy atom. The number of hydrogen-bond acceptors (Lipinski definition) is 2. The molecule has 1 saturated heterocycles. The van der Waals surface area contributed by atoms with Crippen molar-refractivity contribution in [3.8, 4) is 0 Å². The zero-order valence-corrected chi connectivity index (χ0v) is 11.3. The first-order valence-electron chi connectivity index (χ1n) is 6.00. The van der Waals surface area contributed by atoms with Crippen molar-refractivity contribution in [1.29, 1.82) is 0 Å². The molecule has 0 aliphatic carbocycles.